The van der Waals surface area contributed by atoms with E-state index in [1.165, 1.54) is 5.56 Å². The third-order valence-electron chi connectivity index (χ3n) is 2.56. The predicted molar refractivity (Wildman–Crippen MR) is 68.2 cm³/mol. The van der Waals surface area contributed by atoms with Gasteiger partial charge in [-0.2, -0.15) is 0 Å². The van der Waals surface area contributed by atoms with Crippen LogP contribution in [-0.2, 0) is 0 Å². The van der Waals surface area contributed by atoms with Gasteiger partial charge in [-0.05, 0) is 30.2 Å². The summed E-state index contributed by atoms with van der Waals surface area (Å²) in [5.74, 6) is 0.593. The fourth-order valence-corrected chi connectivity index (χ4v) is 1.93. The van der Waals surface area contributed by atoms with Crippen LogP contribution in [0.1, 0.15) is 30.9 Å². The maximum atomic E-state index is 6.04. The second-order valence-electron chi connectivity index (χ2n) is 3.46. The molecule has 0 amide bonds. The largest absolute Gasteiger partial charge is 0.315 e. The van der Waals surface area contributed by atoms with Gasteiger partial charge in [-0.3, -0.25) is 0 Å². The molecule has 0 aromatic heterocycles. The maximum absolute atomic E-state index is 6.04. The number of hydrogen-bond acceptors (Lipinski definition) is 1. The van der Waals surface area contributed by atoms with Gasteiger partial charge in [0.25, 0.3) is 0 Å². The quantitative estimate of drug-likeness (QED) is 0.789. The van der Waals surface area contributed by atoms with E-state index in [4.69, 9.17) is 23.2 Å². The molecule has 1 nitrogen and oxygen atoms in total. The summed E-state index contributed by atoms with van der Waals surface area (Å²) in [6, 6.07) is 4.04. The Morgan fingerprint density at radius 3 is 1.93 bits per heavy atom. The van der Waals surface area contributed by atoms with Crippen LogP contribution in [-0.4, -0.2) is 13.1 Å². The van der Waals surface area contributed by atoms with Crippen LogP contribution in [0.5, 0.6) is 0 Å². The summed E-state index contributed by atoms with van der Waals surface area (Å²) in [5.41, 5.74) is 2.22. The topological polar surface area (TPSA) is 12.0 Å². The van der Waals surface area contributed by atoms with Crippen LogP contribution in [0.3, 0.4) is 0 Å². The van der Waals surface area contributed by atoms with Crippen molar-refractivity contribution in [2.45, 2.75) is 26.7 Å². The monoisotopic (exact) mass is 245 g/mol. The van der Waals surface area contributed by atoms with E-state index in [0.717, 1.165) is 28.7 Å². The third kappa shape index (κ3) is 2.87. The van der Waals surface area contributed by atoms with E-state index in [-0.39, 0.29) is 0 Å². The molecule has 1 aliphatic rings. The van der Waals surface area contributed by atoms with Crippen molar-refractivity contribution in [1.29, 1.82) is 0 Å². The third-order valence-corrected chi connectivity index (χ3v) is 3.34. The fraction of sp³-hybridized carbons (Fsp3) is 0.500. The van der Waals surface area contributed by atoms with Crippen molar-refractivity contribution in [1.82, 2.24) is 5.32 Å². The van der Waals surface area contributed by atoms with Gasteiger partial charge in [-0.25, -0.2) is 0 Å². The maximum Gasteiger partial charge on any atom is 0.0452 e. The standard InChI is InChI=1S/C10H11Cl2N.C2H6/c1-6-9(11)2-7(3-10(6)12)8-4-13-5-8;1-2/h2-3,8,13H,4-5H2,1H3;1-2H3. The van der Waals surface area contributed by atoms with Gasteiger partial charge < -0.3 is 5.32 Å². The van der Waals surface area contributed by atoms with Crippen molar-refractivity contribution in [3.63, 3.8) is 0 Å². The molecule has 1 heterocycles. The minimum Gasteiger partial charge on any atom is -0.315 e. The van der Waals surface area contributed by atoms with Gasteiger partial charge in [0.2, 0.25) is 0 Å². The number of benzene rings is 1. The van der Waals surface area contributed by atoms with Gasteiger partial charge in [-0.15, -0.1) is 0 Å². The minimum atomic E-state index is 0.593. The Balaban J connectivity index is 0.000000531. The van der Waals surface area contributed by atoms with Crippen LogP contribution in [0.25, 0.3) is 0 Å². The molecular weight excluding hydrogens is 229 g/mol. The number of rotatable bonds is 1. The lowest BCUT2D eigenvalue weighted by Crippen LogP contribution is -2.39. The first-order valence-corrected chi connectivity index (χ1v) is 6.10. The van der Waals surface area contributed by atoms with E-state index in [0.29, 0.717) is 5.92 Å². The predicted octanol–water partition coefficient (Wildman–Crippen LogP) is 4.01. The molecule has 2 rings (SSSR count). The molecular formula is C12H17Cl2N. The summed E-state index contributed by atoms with van der Waals surface area (Å²) in [7, 11) is 0. The molecule has 1 fully saturated rings. The van der Waals surface area contributed by atoms with Crippen LogP contribution in [0.4, 0.5) is 0 Å². The molecule has 0 aliphatic carbocycles. The summed E-state index contributed by atoms with van der Waals surface area (Å²) in [4.78, 5) is 0. The zero-order valence-corrected chi connectivity index (χ0v) is 10.9. The molecule has 1 aromatic rings. The zero-order chi connectivity index (χ0) is 11.4. The Labute approximate surface area is 102 Å². The highest BCUT2D eigenvalue weighted by atomic mass is 35.5. The van der Waals surface area contributed by atoms with Gasteiger partial charge in [0, 0.05) is 29.1 Å². The minimum absolute atomic E-state index is 0.593. The Morgan fingerprint density at radius 1 is 1.13 bits per heavy atom. The lowest BCUT2D eigenvalue weighted by molar-refractivity contribution is 0.448. The van der Waals surface area contributed by atoms with Crippen molar-refractivity contribution in [3.8, 4) is 0 Å². The lowest BCUT2D eigenvalue weighted by atomic mass is 9.93. The van der Waals surface area contributed by atoms with Crippen molar-refractivity contribution >= 4 is 23.2 Å². The SMILES string of the molecule is CC.Cc1c(Cl)cc(C2CNC2)cc1Cl. The molecule has 0 bridgehead atoms. The summed E-state index contributed by atoms with van der Waals surface area (Å²) in [6.07, 6.45) is 0. The molecule has 1 aliphatic heterocycles. The fourth-order valence-electron chi connectivity index (χ4n) is 1.42. The Kier molecular flexibility index (Phi) is 4.91. The highest BCUT2D eigenvalue weighted by molar-refractivity contribution is 6.36. The Morgan fingerprint density at radius 2 is 1.60 bits per heavy atom. The van der Waals surface area contributed by atoms with E-state index in [9.17, 15) is 0 Å². The highest BCUT2D eigenvalue weighted by Gasteiger charge is 2.20. The summed E-state index contributed by atoms with van der Waals surface area (Å²) in [5, 5.41) is 4.77. The van der Waals surface area contributed by atoms with Gasteiger partial charge in [0.1, 0.15) is 0 Å². The Bertz CT molecular complexity index is 309. The van der Waals surface area contributed by atoms with Crippen molar-refractivity contribution in [2.24, 2.45) is 0 Å². The van der Waals surface area contributed by atoms with Crippen LogP contribution < -0.4 is 5.32 Å². The molecule has 0 radical (unpaired) electrons. The molecule has 84 valence electrons. The second-order valence-corrected chi connectivity index (χ2v) is 4.28. The smallest absolute Gasteiger partial charge is 0.0452 e. The van der Waals surface area contributed by atoms with E-state index < -0.39 is 0 Å². The molecule has 1 N–H and O–H groups in total. The van der Waals surface area contributed by atoms with Crippen LogP contribution in [0.15, 0.2) is 12.1 Å². The highest BCUT2D eigenvalue weighted by Crippen LogP contribution is 2.30. The van der Waals surface area contributed by atoms with Crippen molar-refractivity contribution < 1.29 is 0 Å². The summed E-state index contributed by atoms with van der Waals surface area (Å²) in [6.45, 7) is 8.01. The average Bonchev–Trinajstić information content (AvgIpc) is 2.14. The molecule has 1 saturated heterocycles. The van der Waals surface area contributed by atoms with E-state index in [1.54, 1.807) is 0 Å². The van der Waals surface area contributed by atoms with E-state index in [1.807, 2.05) is 32.9 Å². The summed E-state index contributed by atoms with van der Waals surface area (Å²) < 4.78 is 0. The average molecular weight is 246 g/mol. The van der Waals surface area contributed by atoms with Gasteiger partial charge in [0.05, 0.1) is 0 Å². The van der Waals surface area contributed by atoms with Crippen LogP contribution in [0, 0.1) is 6.92 Å². The van der Waals surface area contributed by atoms with Crippen LogP contribution in [0.2, 0.25) is 10.0 Å². The van der Waals surface area contributed by atoms with Crippen molar-refractivity contribution in [2.75, 3.05) is 13.1 Å². The Hall–Kier alpha value is -0.240. The molecule has 0 saturated carbocycles. The normalized spacial score (nSPS) is 15.3. The van der Waals surface area contributed by atoms with Crippen LogP contribution >= 0.6 is 23.2 Å². The van der Waals surface area contributed by atoms with Gasteiger partial charge in [0.15, 0.2) is 0 Å². The molecule has 0 spiro atoms. The zero-order valence-electron chi connectivity index (χ0n) is 9.40. The number of nitrogens with one attached hydrogen (secondary N) is 1. The molecule has 1 aromatic carbocycles. The van der Waals surface area contributed by atoms with Gasteiger partial charge >= 0.3 is 0 Å². The summed E-state index contributed by atoms with van der Waals surface area (Å²) >= 11 is 12.1. The first kappa shape index (κ1) is 12.8. The molecule has 15 heavy (non-hydrogen) atoms. The first-order valence-electron chi connectivity index (χ1n) is 5.34. The van der Waals surface area contributed by atoms with Gasteiger partial charge in [-0.1, -0.05) is 37.0 Å². The number of halogens is 2. The molecule has 0 unspecified atom stereocenters. The lowest BCUT2D eigenvalue weighted by Gasteiger charge is -2.28. The second kappa shape index (κ2) is 5.74. The molecule has 0 atom stereocenters. The number of hydrogen-bond donors (Lipinski definition) is 1. The first-order chi connectivity index (χ1) is 7.18. The molecule has 3 heteroatoms. The van der Waals surface area contributed by atoms with Crippen molar-refractivity contribution in [3.05, 3.63) is 33.3 Å². The van der Waals surface area contributed by atoms with E-state index in [2.05, 4.69) is 5.32 Å². The van der Waals surface area contributed by atoms with E-state index >= 15 is 0 Å².